The highest BCUT2D eigenvalue weighted by molar-refractivity contribution is 5.20. The molecular formula is C23H35NO7. The van der Waals surface area contributed by atoms with Gasteiger partial charge in [0.15, 0.2) is 0 Å². The van der Waals surface area contributed by atoms with Gasteiger partial charge in [0.1, 0.15) is 6.10 Å². The van der Waals surface area contributed by atoms with Gasteiger partial charge in [-0.2, -0.15) is 0 Å². The third kappa shape index (κ3) is 2.51. The summed E-state index contributed by atoms with van der Waals surface area (Å²) in [7, 11) is 0. The van der Waals surface area contributed by atoms with E-state index in [0.29, 0.717) is 38.3 Å². The lowest BCUT2D eigenvalue weighted by molar-refractivity contribution is -0.773. The SMILES string of the molecule is C[C@]12CCCCC1[C@H](O[N+](=O)[O-])C[C@@H]1[C@@H]2CC[C@@]2(C)[C@H]1CC13OCCOC12OCCO3. The molecule has 4 saturated carbocycles. The first kappa shape index (κ1) is 20.6. The third-order valence-corrected chi connectivity index (χ3v) is 10.4. The number of ether oxygens (including phenoxy) is 4. The molecule has 2 heterocycles. The zero-order valence-electron chi connectivity index (χ0n) is 18.7. The Bertz CT molecular complexity index is 748. The first-order valence-electron chi connectivity index (χ1n) is 12.2. The molecule has 0 amide bonds. The third-order valence-electron chi connectivity index (χ3n) is 10.4. The lowest BCUT2D eigenvalue weighted by Crippen LogP contribution is -2.70. The second kappa shape index (κ2) is 6.78. The van der Waals surface area contributed by atoms with Crippen LogP contribution in [0.4, 0.5) is 0 Å². The summed E-state index contributed by atoms with van der Waals surface area (Å²) in [4.78, 5) is 16.8. The fraction of sp³-hybridized carbons (Fsp3) is 1.00. The van der Waals surface area contributed by atoms with E-state index in [-0.39, 0.29) is 28.8 Å². The van der Waals surface area contributed by atoms with Crippen LogP contribution < -0.4 is 0 Å². The summed E-state index contributed by atoms with van der Waals surface area (Å²) in [5, 5.41) is 10.8. The van der Waals surface area contributed by atoms with Crippen molar-refractivity contribution in [2.75, 3.05) is 26.4 Å². The van der Waals surface area contributed by atoms with Crippen LogP contribution in [0.2, 0.25) is 0 Å². The van der Waals surface area contributed by atoms with Crippen LogP contribution in [0.3, 0.4) is 0 Å². The smallest absolute Gasteiger partial charge is 0.294 e. The molecule has 6 aliphatic rings. The van der Waals surface area contributed by atoms with E-state index in [0.717, 1.165) is 44.9 Å². The Kier molecular flexibility index (Phi) is 4.51. The maximum Gasteiger partial charge on any atom is 0.294 e. The summed E-state index contributed by atoms with van der Waals surface area (Å²) in [5.74, 6) is -0.353. The number of fused-ring (bicyclic) bond motifs is 5. The summed E-state index contributed by atoms with van der Waals surface area (Å²) < 4.78 is 25.6. The summed E-state index contributed by atoms with van der Waals surface area (Å²) >= 11 is 0. The molecule has 6 rings (SSSR count). The normalized spacial score (nSPS) is 55.7. The highest BCUT2D eigenvalue weighted by atomic mass is 17.0. The molecule has 0 aromatic heterocycles. The van der Waals surface area contributed by atoms with Gasteiger partial charge >= 0.3 is 0 Å². The number of hydrogen-bond donors (Lipinski definition) is 0. The molecule has 174 valence electrons. The highest BCUT2D eigenvalue weighted by Gasteiger charge is 2.79. The molecule has 0 aromatic carbocycles. The minimum absolute atomic E-state index is 0.0842. The minimum atomic E-state index is -0.879. The van der Waals surface area contributed by atoms with Crippen molar-refractivity contribution in [1.29, 1.82) is 0 Å². The molecule has 4 aliphatic carbocycles. The fourth-order valence-corrected chi connectivity index (χ4v) is 9.24. The maximum absolute atomic E-state index is 11.4. The molecule has 8 nitrogen and oxygen atoms in total. The van der Waals surface area contributed by atoms with Crippen LogP contribution in [0.1, 0.15) is 65.2 Å². The summed E-state index contributed by atoms with van der Waals surface area (Å²) in [5.41, 5.74) is -0.160. The van der Waals surface area contributed by atoms with Crippen molar-refractivity contribution in [2.45, 2.75) is 82.9 Å². The van der Waals surface area contributed by atoms with Gasteiger partial charge in [-0.25, -0.2) is 0 Å². The molecule has 2 aliphatic heterocycles. The van der Waals surface area contributed by atoms with E-state index in [1.807, 2.05) is 0 Å². The highest BCUT2D eigenvalue weighted by Crippen LogP contribution is 2.72. The van der Waals surface area contributed by atoms with Crippen molar-refractivity contribution in [3.05, 3.63) is 10.1 Å². The van der Waals surface area contributed by atoms with E-state index < -0.39 is 16.7 Å². The van der Waals surface area contributed by atoms with Gasteiger partial charge in [-0.05, 0) is 61.2 Å². The standard InChI is InChI=1S/C23H35NO7/c1-20-7-4-3-5-17(20)19(31-24(25)26)13-15-16(20)6-8-21(2)18(15)14-22-23(21,29-11-9-27-22)30-12-10-28-22/h15-19H,3-14H2,1-2H3/t15-,16+,17?,18+,19-,20-,21+,22?,23?/m1/s1. The Morgan fingerprint density at radius 1 is 0.903 bits per heavy atom. The molecule has 0 N–H and O–H groups in total. The predicted molar refractivity (Wildman–Crippen MR) is 108 cm³/mol. The van der Waals surface area contributed by atoms with Crippen LogP contribution in [0, 0.1) is 44.6 Å². The zero-order valence-corrected chi connectivity index (χ0v) is 18.7. The Hall–Kier alpha value is -0.960. The number of rotatable bonds is 2. The first-order chi connectivity index (χ1) is 14.9. The molecule has 31 heavy (non-hydrogen) atoms. The van der Waals surface area contributed by atoms with E-state index in [1.54, 1.807) is 0 Å². The van der Waals surface area contributed by atoms with Gasteiger partial charge in [0.2, 0.25) is 11.6 Å². The summed E-state index contributed by atoms with van der Waals surface area (Å²) in [6.07, 6.45) is 7.77. The second-order valence-corrected chi connectivity index (χ2v) is 11.3. The van der Waals surface area contributed by atoms with Gasteiger partial charge in [0.25, 0.3) is 5.09 Å². The monoisotopic (exact) mass is 437 g/mol. The van der Waals surface area contributed by atoms with Crippen molar-refractivity contribution < 1.29 is 28.9 Å². The number of hydrogen-bond acceptors (Lipinski definition) is 7. The Balaban J connectivity index is 1.41. The lowest BCUT2D eigenvalue weighted by Gasteiger charge is -2.63. The molecule has 7 atom stereocenters. The second-order valence-electron chi connectivity index (χ2n) is 11.3. The zero-order chi connectivity index (χ0) is 21.5. The molecule has 1 unspecified atom stereocenters. The summed E-state index contributed by atoms with van der Waals surface area (Å²) in [6.45, 7) is 6.71. The van der Waals surface area contributed by atoms with Crippen molar-refractivity contribution >= 4 is 0 Å². The largest absolute Gasteiger partial charge is 0.343 e. The van der Waals surface area contributed by atoms with E-state index in [2.05, 4.69) is 13.8 Å². The van der Waals surface area contributed by atoms with Crippen LogP contribution in [0.25, 0.3) is 0 Å². The van der Waals surface area contributed by atoms with Crippen LogP contribution in [-0.4, -0.2) is 49.2 Å². The van der Waals surface area contributed by atoms with Gasteiger partial charge in [-0.3, -0.25) is 0 Å². The summed E-state index contributed by atoms with van der Waals surface area (Å²) in [6, 6.07) is 0. The van der Waals surface area contributed by atoms with Crippen molar-refractivity contribution in [3.8, 4) is 0 Å². The molecule has 0 spiro atoms. The van der Waals surface area contributed by atoms with Crippen LogP contribution in [0.15, 0.2) is 0 Å². The van der Waals surface area contributed by atoms with E-state index in [1.165, 1.54) is 6.42 Å². The average molecular weight is 438 g/mol. The van der Waals surface area contributed by atoms with E-state index >= 15 is 0 Å². The van der Waals surface area contributed by atoms with Crippen molar-refractivity contribution in [1.82, 2.24) is 0 Å². The van der Waals surface area contributed by atoms with Gasteiger partial charge in [0, 0.05) is 11.8 Å². The molecule has 2 saturated heterocycles. The Morgan fingerprint density at radius 2 is 1.61 bits per heavy atom. The fourth-order valence-electron chi connectivity index (χ4n) is 9.24. The molecule has 0 aromatic rings. The van der Waals surface area contributed by atoms with Crippen LogP contribution in [-0.2, 0) is 23.8 Å². The van der Waals surface area contributed by atoms with E-state index in [4.69, 9.17) is 23.8 Å². The molecule has 8 heteroatoms. The van der Waals surface area contributed by atoms with E-state index in [9.17, 15) is 10.1 Å². The minimum Gasteiger partial charge on any atom is -0.343 e. The van der Waals surface area contributed by atoms with Crippen LogP contribution >= 0.6 is 0 Å². The van der Waals surface area contributed by atoms with Crippen molar-refractivity contribution in [2.24, 2.45) is 34.5 Å². The number of nitrogens with zero attached hydrogens (tertiary/aromatic N) is 1. The Labute approximate surface area is 183 Å². The molecule has 0 radical (unpaired) electrons. The van der Waals surface area contributed by atoms with Gasteiger partial charge in [-0.1, -0.05) is 26.7 Å². The topological polar surface area (TPSA) is 89.3 Å². The van der Waals surface area contributed by atoms with Gasteiger partial charge < -0.3 is 23.8 Å². The Morgan fingerprint density at radius 3 is 2.32 bits per heavy atom. The maximum atomic E-state index is 11.4. The predicted octanol–water partition coefficient (Wildman–Crippen LogP) is 3.70. The van der Waals surface area contributed by atoms with Gasteiger partial charge in [0.05, 0.1) is 26.4 Å². The lowest BCUT2D eigenvalue weighted by atomic mass is 9.44. The quantitative estimate of drug-likeness (QED) is 0.481. The van der Waals surface area contributed by atoms with Gasteiger partial charge in [-0.15, -0.1) is 10.1 Å². The molecule has 6 fully saturated rings. The first-order valence-corrected chi connectivity index (χ1v) is 12.2. The average Bonchev–Trinajstić information content (AvgIpc) is 3.00. The molecule has 0 bridgehead atoms. The van der Waals surface area contributed by atoms with Crippen LogP contribution in [0.5, 0.6) is 0 Å². The van der Waals surface area contributed by atoms with Crippen molar-refractivity contribution in [3.63, 3.8) is 0 Å². The molecular weight excluding hydrogens is 402 g/mol.